The molecule has 3 rings (SSSR count). The van der Waals surface area contributed by atoms with Crippen molar-refractivity contribution in [2.45, 2.75) is 32.4 Å². The number of thiophene rings is 1. The lowest BCUT2D eigenvalue weighted by Gasteiger charge is -2.34. The molecule has 3 aromatic rings. The third-order valence-corrected chi connectivity index (χ3v) is 5.49. The van der Waals surface area contributed by atoms with Gasteiger partial charge in [-0.25, -0.2) is 4.39 Å². The second kappa shape index (κ2) is 10.4. The molecule has 8 heteroatoms. The van der Waals surface area contributed by atoms with Crippen LogP contribution in [-0.4, -0.2) is 29.8 Å². The Kier molecular flexibility index (Phi) is 7.60. The first kappa shape index (κ1) is 24.1. The lowest BCUT2D eigenvalue weighted by Crippen LogP contribution is -2.51. The van der Waals surface area contributed by atoms with E-state index in [-0.39, 0.29) is 12.2 Å². The van der Waals surface area contributed by atoms with Crippen LogP contribution in [-0.2, 0) is 9.59 Å². The minimum absolute atomic E-state index is 0.211. The van der Waals surface area contributed by atoms with Gasteiger partial charge in [0.15, 0.2) is 0 Å². The maximum atomic E-state index is 14.1. The molecule has 0 fully saturated rings. The largest absolute Gasteiger partial charge is 0.349 e. The van der Waals surface area contributed by atoms with E-state index in [1.54, 1.807) is 53.9 Å². The van der Waals surface area contributed by atoms with Gasteiger partial charge in [-0.15, -0.1) is 11.3 Å². The van der Waals surface area contributed by atoms with E-state index in [0.717, 1.165) is 0 Å². The maximum Gasteiger partial charge on any atom is 0.261 e. The highest BCUT2D eigenvalue weighted by molar-refractivity contribution is 7.12. The minimum atomic E-state index is -1.07. The van der Waals surface area contributed by atoms with Gasteiger partial charge in [-0.05, 0) is 56.0 Å². The van der Waals surface area contributed by atoms with Gasteiger partial charge in [0, 0.05) is 11.2 Å². The van der Waals surface area contributed by atoms with Crippen molar-refractivity contribution in [3.05, 3.63) is 88.4 Å². The van der Waals surface area contributed by atoms with Crippen molar-refractivity contribution in [3.8, 4) is 0 Å². The summed E-state index contributed by atoms with van der Waals surface area (Å²) in [6.07, 6.45) is 0. The number of anilines is 1. The molecule has 0 aliphatic rings. The molecule has 0 saturated heterocycles. The van der Waals surface area contributed by atoms with Gasteiger partial charge in [-0.3, -0.25) is 19.3 Å². The van der Waals surface area contributed by atoms with Crippen LogP contribution < -0.4 is 15.5 Å². The molecule has 0 unspecified atom stereocenters. The average molecular weight is 468 g/mol. The zero-order chi connectivity index (χ0) is 24.0. The predicted molar refractivity (Wildman–Crippen MR) is 128 cm³/mol. The normalized spacial score (nSPS) is 12.0. The number of hydrogen-bond acceptors (Lipinski definition) is 4. The Labute approximate surface area is 196 Å². The summed E-state index contributed by atoms with van der Waals surface area (Å²) in [4.78, 5) is 40.9. The molecule has 2 aromatic carbocycles. The molecule has 1 heterocycles. The van der Waals surface area contributed by atoms with E-state index in [0.29, 0.717) is 10.4 Å². The van der Waals surface area contributed by atoms with Gasteiger partial charge in [0.05, 0.1) is 11.4 Å². The number of carbonyl (C=O) groups is 3. The standard InChI is InChI=1S/C25H26FN3O3S/c1-25(2,3)28-24(32)22(17-9-5-4-6-10-17)29(19-12-7-11-18(26)15-19)21(30)16-27-23(31)20-13-8-14-33-20/h4-15,22H,16H2,1-3H3,(H,27,31)(H,28,32)/t22-/m1/s1. The first-order chi connectivity index (χ1) is 15.7. The van der Waals surface area contributed by atoms with E-state index in [9.17, 15) is 18.8 Å². The first-order valence-electron chi connectivity index (χ1n) is 10.4. The predicted octanol–water partition coefficient (Wildman–Crippen LogP) is 4.31. The number of halogens is 1. The Morgan fingerprint density at radius 2 is 1.73 bits per heavy atom. The van der Waals surface area contributed by atoms with Crippen LogP contribution in [0.25, 0.3) is 0 Å². The SMILES string of the molecule is CC(C)(C)NC(=O)[C@@H](c1ccccc1)N(C(=O)CNC(=O)c1cccs1)c1cccc(F)c1. The Morgan fingerprint density at radius 3 is 2.33 bits per heavy atom. The van der Waals surface area contributed by atoms with E-state index in [1.165, 1.54) is 34.4 Å². The summed E-state index contributed by atoms with van der Waals surface area (Å²) in [7, 11) is 0. The zero-order valence-electron chi connectivity index (χ0n) is 18.7. The van der Waals surface area contributed by atoms with Crippen molar-refractivity contribution in [3.63, 3.8) is 0 Å². The van der Waals surface area contributed by atoms with Crippen molar-refractivity contribution in [1.29, 1.82) is 0 Å². The first-order valence-corrected chi connectivity index (χ1v) is 11.3. The molecule has 0 bridgehead atoms. The highest BCUT2D eigenvalue weighted by Crippen LogP contribution is 2.29. The molecule has 6 nitrogen and oxygen atoms in total. The summed E-state index contributed by atoms with van der Waals surface area (Å²) < 4.78 is 14.1. The molecule has 1 aromatic heterocycles. The average Bonchev–Trinajstić information content (AvgIpc) is 3.30. The molecule has 0 saturated carbocycles. The number of carbonyl (C=O) groups excluding carboxylic acids is 3. The van der Waals surface area contributed by atoms with E-state index in [4.69, 9.17) is 0 Å². The molecular formula is C25H26FN3O3S. The third kappa shape index (κ3) is 6.49. The van der Waals surface area contributed by atoms with E-state index >= 15 is 0 Å². The van der Waals surface area contributed by atoms with Gasteiger partial charge in [-0.1, -0.05) is 42.5 Å². The Bertz CT molecular complexity index is 1110. The van der Waals surface area contributed by atoms with Crippen LogP contribution in [0.3, 0.4) is 0 Å². The van der Waals surface area contributed by atoms with Gasteiger partial charge in [0.1, 0.15) is 11.9 Å². The summed E-state index contributed by atoms with van der Waals surface area (Å²) in [5.74, 6) is -1.91. The lowest BCUT2D eigenvalue weighted by molar-refractivity contribution is -0.127. The molecule has 0 aliphatic heterocycles. The van der Waals surface area contributed by atoms with Crippen LogP contribution in [0.4, 0.5) is 10.1 Å². The van der Waals surface area contributed by atoms with Crippen LogP contribution in [0.15, 0.2) is 72.1 Å². The van der Waals surface area contributed by atoms with Gasteiger partial charge in [-0.2, -0.15) is 0 Å². The van der Waals surface area contributed by atoms with Gasteiger partial charge in [0.25, 0.3) is 5.91 Å². The Hall–Kier alpha value is -3.52. The van der Waals surface area contributed by atoms with E-state index in [2.05, 4.69) is 10.6 Å². The van der Waals surface area contributed by atoms with Crippen LogP contribution in [0.2, 0.25) is 0 Å². The molecule has 33 heavy (non-hydrogen) atoms. The molecule has 3 amide bonds. The maximum absolute atomic E-state index is 14.1. The molecule has 2 N–H and O–H groups in total. The van der Waals surface area contributed by atoms with Crippen molar-refractivity contribution in [2.75, 3.05) is 11.4 Å². The number of benzene rings is 2. The summed E-state index contributed by atoms with van der Waals surface area (Å²) in [5.41, 5.74) is 0.207. The topological polar surface area (TPSA) is 78.5 Å². The number of amides is 3. The number of hydrogen-bond donors (Lipinski definition) is 2. The smallest absolute Gasteiger partial charge is 0.261 e. The summed E-state index contributed by atoms with van der Waals surface area (Å²) >= 11 is 1.25. The second-order valence-corrected chi connectivity index (χ2v) is 9.40. The fourth-order valence-corrected chi connectivity index (χ4v) is 3.93. The number of rotatable bonds is 7. The van der Waals surface area contributed by atoms with E-state index in [1.807, 2.05) is 20.8 Å². The van der Waals surface area contributed by atoms with Crippen LogP contribution in [0, 0.1) is 5.82 Å². The molecule has 0 radical (unpaired) electrons. The molecule has 0 spiro atoms. The zero-order valence-corrected chi connectivity index (χ0v) is 19.5. The Morgan fingerprint density at radius 1 is 1.00 bits per heavy atom. The van der Waals surface area contributed by atoms with Gasteiger partial charge >= 0.3 is 0 Å². The molecule has 0 aliphatic carbocycles. The third-order valence-electron chi connectivity index (χ3n) is 4.62. The van der Waals surface area contributed by atoms with Crippen molar-refractivity contribution in [2.24, 2.45) is 0 Å². The van der Waals surface area contributed by atoms with Crippen LogP contribution in [0.5, 0.6) is 0 Å². The summed E-state index contributed by atoms with van der Waals surface area (Å²) in [6.45, 7) is 5.15. The summed E-state index contributed by atoms with van der Waals surface area (Å²) in [5, 5.41) is 7.27. The van der Waals surface area contributed by atoms with Crippen LogP contribution >= 0.6 is 11.3 Å². The van der Waals surface area contributed by atoms with E-state index < -0.39 is 35.1 Å². The molecule has 172 valence electrons. The molecule has 1 atom stereocenters. The van der Waals surface area contributed by atoms with Crippen LogP contribution in [0.1, 0.15) is 42.0 Å². The quantitative estimate of drug-likeness (QED) is 0.544. The number of nitrogens with one attached hydrogen (secondary N) is 2. The van der Waals surface area contributed by atoms with Crippen molar-refractivity contribution in [1.82, 2.24) is 10.6 Å². The number of nitrogens with zero attached hydrogens (tertiary/aromatic N) is 1. The van der Waals surface area contributed by atoms with Crippen molar-refractivity contribution < 1.29 is 18.8 Å². The second-order valence-electron chi connectivity index (χ2n) is 8.46. The van der Waals surface area contributed by atoms with Gasteiger partial charge < -0.3 is 10.6 Å². The fraction of sp³-hybridized carbons (Fsp3) is 0.240. The fourth-order valence-electron chi connectivity index (χ4n) is 3.29. The molecular weight excluding hydrogens is 441 g/mol. The van der Waals surface area contributed by atoms with Gasteiger partial charge in [0.2, 0.25) is 11.8 Å². The Balaban J connectivity index is 2.00. The highest BCUT2D eigenvalue weighted by Gasteiger charge is 2.34. The monoisotopic (exact) mass is 467 g/mol. The van der Waals surface area contributed by atoms with Crippen molar-refractivity contribution >= 4 is 34.7 Å². The lowest BCUT2D eigenvalue weighted by atomic mass is 10.0. The summed E-state index contributed by atoms with van der Waals surface area (Å²) in [6, 6.07) is 16.6. The highest BCUT2D eigenvalue weighted by atomic mass is 32.1. The minimum Gasteiger partial charge on any atom is -0.349 e.